The molecule has 2 N–H and O–H groups in total. The Morgan fingerprint density at radius 1 is 1.23 bits per heavy atom. The Morgan fingerprint density at radius 2 is 2.00 bits per heavy atom. The van der Waals surface area contributed by atoms with Gasteiger partial charge in [-0.05, 0) is 17.5 Å². The standard InChI is InChI=1S/C9H8N2.C2H6.H2/c10-9-3-1-2-7-4-5-11-6-8(7)9;1-2;/h1-6H,10H2;1-2H3;1H. The minimum absolute atomic E-state index is 0. The quantitative estimate of drug-likeness (QED) is 0.626. The first-order valence-electron chi connectivity index (χ1n) is 4.46. The number of anilines is 1. The molecule has 13 heavy (non-hydrogen) atoms. The van der Waals surface area contributed by atoms with Gasteiger partial charge in [-0.1, -0.05) is 26.0 Å². The fourth-order valence-electron chi connectivity index (χ4n) is 1.14. The molecule has 0 bridgehead atoms. The van der Waals surface area contributed by atoms with Gasteiger partial charge in [-0.25, -0.2) is 0 Å². The van der Waals surface area contributed by atoms with Gasteiger partial charge in [0.2, 0.25) is 0 Å². The van der Waals surface area contributed by atoms with Gasteiger partial charge in [0.1, 0.15) is 0 Å². The van der Waals surface area contributed by atoms with Gasteiger partial charge >= 0.3 is 0 Å². The summed E-state index contributed by atoms with van der Waals surface area (Å²) in [5.41, 5.74) is 6.50. The highest BCUT2D eigenvalue weighted by molar-refractivity contribution is 5.91. The molecule has 0 aliphatic carbocycles. The second-order valence-electron chi connectivity index (χ2n) is 2.44. The van der Waals surface area contributed by atoms with Crippen molar-refractivity contribution in [1.29, 1.82) is 0 Å². The van der Waals surface area contributed by atoms with Crippen LogP contribution in [-0.2, 0) is 0 Å². The minimum Gasteiger partial charge on any atom is -0.398 e. The number of nitrogens with zero attached hydrogens (tertiary/aromatic N) is 1. The van der Waals surface area contributed by atoms with E-state index in [0.717, 1.165) is 16.5 Å². The Balaban J connectivity index is 0.000000531. The second-order valence-corrected chi connectivity index (χ2v) is 2.44. The largest absolute Gasteiger partial charge is 0.398 e. The van der Waals surface area contributed by atoms with Gasteiger partial charge < -0.3 is 5.73 Å². The molecule has 0 atom stereocenters. The topological polar surface area (TPSA) is 38.9 Å². The Bertz CT molecular complexity index is 382. The lowest BCUT2D eigenvalue weighted by Crippen LogP contribution is -1.86. The molecule has 2 heteroatoms. The summed E-state index contributed by atoms with van der Waals surface area (Å²) in [7, 11) is 0. The van der Waals surface area contributed by atoms with Gasteiger partial charge in [0.25, 0.3) is 0 Å². The third kappa shape index (κ3) is 1.96. The average molecular weight is 176 g/mol. The molecule has 1 aromatic carbocycles. The molecule has 0 spiro atoms. The Hall–Kier alpha value is -1.57. The van der Waals surface area contributed by atoms with E-state index in [-0.39, 0.29) is 1.43 Å². The van der Waals surface area contributed by atoms with E-state index in [1.807, 2.05) is 38.1 Å². The van der Waals surface area contributed by atoms with Crippen molar-refractivity contribution >= 4 is 16.5 Å². The SMILES string of the molecule is CC.Nc1cccc2ccncc12.[HH]. The van der Waals surface area contributed by atoms with Crippen LogP contribution in [-0.4, -0.2) is 4.98 Å². The first kappa shape index (κ1) is 9.52. The number of rotatable bonds is 0. The zero-order valence-corrected chi connectivity index (χ0v) is 7.99. The maximum Gasteiger partial charge on any atom is 0.0409 e. The Morgan fingerprint density at radius 3 is 2.69 bits per heavy atom. The van der Waals surface area contributed by atoms with Crippen LogP contribution in [0.3, 0.4) is 0 Å². The summed E-state index contributed by atoms with van der Waals surface area (Å²) in [5, 5.41) is 2.16. The number of aromatic nitrogens is 1. The molecule has 0 amide bonds. The van der Waals surface area contributed by atoms with Crippen molar-refractivity contribution in [3.63, 3.8) is 0 Å². The van der Waals surface area contributed by atoms with Crippen LogP contribution in [0.1, 0.15) is 15.3 Å². The fourth-order valence-corrected chi connectivity index (χ4v) is 1.14. The molecule has 0 radical (unpaired) electrons. The third-order valence-electron chi connectivity index (χ3n) is 1.72. The van der Waals surface area contributed by atoms with Crippen molar-refractivity contribution in [2.75, 3.05) is 5.73 Å². The van der Waals surface area contributed by atoms with Gasteiger partial charge in [0.15, 0.2) is 0 Å². The van der Waals surface area contributed by atoms with Crippen molar-refractivity contribution in [3.8, 4) is 0 Å². The highest BCUT2D eigenvalue weighted by atomic mass is 14.6. The van der Waals surface area contributed by atoms with Gasteiger partial charge in [0.05, 0.1) is 0 Å². The maximum absolute atomic E-state index is 5.72. The normalized spacial score (nSPS) is 9.08. The zero-order valence-electron chi connectivity index (χ0n) is 7.99. The monoisotopic (exact) mass is 176 g/mol. The lowest BCUT2D eigenvalue weighted by molar-refractivity contribution is 1.36. The lowest BCUT2D eigenvalue weighted by atomic mass is 10.1. The van der Waals surface area contributed by atoms with Crippen LogP contribution in [0, 0.1) is 0 Å². The van der Waals surface area contributed by atoms with Gasteiger partial charge in [-0.3, -0.25) is 4.98 Å². The number of hydrogen-bond donors (Lipinski definition) is 1. The van der Waals surface area contributed by atoms with Crippen molar-refractivity contribution in [1.82, 2.24) is 4.98 Å². The Kier molecular flexibility index (Phi) is 3.26. The van der Waals surface area contributed by atoms with Crippen molar-refractivity contribution in [2.45, 2.75) is 13.8 Å². The number of fused-ring (bicyclic) bond motifs is 1. The summed E-state index contributed by atoms with van der Waals surface area (Å²) in [5.74, 6) is 0. The number of nitrogen functional groups attached to an aromatic ring is 1. The van der Waals surface area contributed by atoms with E-state index in [4.69, 9.17) is 5.73 Å². The fraction of sp³-hybridized carbons (Fsp3) is 0.182. The smallest absolute Gasteiger partial charge is 0.0409 e. The van der Waals surface area contributed by atoms with Crippen molar-refractivity contribution in [2.24, 2.45) is 0 Å². The second kappa shape index (κ2) is 4.45. The molecule has 70 valence electrons. The highest BCUT2D eigenvalue weighted by Crippen LogP contribution is 2.18. The molecule has 0 unspecified atom stereocenters. The molecular formula is C11H16N2. The van der Waals surface area contributed by atoms with Gasteiger partial charge in [0, 0.05) is 24.9 Å². The lowest BCUT2D eigenvalue weighted by Gasteiger charge is -1.98. The Labute approximate surface area is 79.9 Å². The van der Waals surface area contributed by atoms with Crippen LogP contribution in [0.5, 0.6) is 0 Å². The van der Waals surface area contributed by atoms with Crippen LogP contribution >= 0.6 is 0 Å². The number of hydrogen-bond acceptors (Lipinski definition) is 2. The van der Waals surface area contributed by atoms with E-state index in [0.29, 0.717) is 0 Å². The van der Waals surface area contributed by atoms with E-state index in [1.165, 1.54) is 0 Å². The van der Waals surface area contributed by atoms with Crippen LogP contribution in [0.25, 0.3) is 10.8 Å². The summed E-state index contributed by atoms with van der Waals surface area (Å²) in [6.45, 7) is 4.00. The molecule has 2 nitrogen and oxygen atoms in total. The number of benzene rings is 1. The molecular weight excluding hydrogens is 160 g/mol. The predicted octanol–water partition coefficient (Wildman–Crippen LogP) is 3.09. The average Bonchev–Trinajstić information content (AvgIpc) is 2.22. The molecule has 1 heterocycles. The molecule has 2 aromatic rings. The third-order valence-corrected chi connectivity index (χ3v) is 1.72. The van der Waals surface area contributed by atoms with Crippen LogP contribution < -0.4 is 5.73 Å². The summed E-state index contributed by atoms with van der Waals surface area (Å²) < 4.78 is 0. The first-order valence-corrected chi connectivity index (χ1v) is 4.46. The summed E-state index contributed by atoms with van der Waals surface area (Å²) in [6.07, 6.45) is 3.55. The summed E-state index contributed by atoms with van der Waals surface area (Å²) >= 11 is 0. The maximum atomic E-state index is 5.72. The minimum atomic E-state index is 0. The van der Waals surface area contributed by atoms with Crippen LogP contribution in [0.2, 0.25) is 0 Å². The zero-order chi connectivity index (χ0) is 9.68. The van der Waals surface area contributed by atoms with Gasteiger partial charge in [-0.2, -0.15) is 0 Å². The van der Waals surface area contributed by atoms with Crippen molar-refractivity contribution < 1.29 is 1.43 Å². The highest BCUT2D eigenvalue weighted by Gasteiger charge is 1.93. The van der Waals surface area contributed by atoms with Crippen LogP contribution in [0.15, 0.2) is 36.7 Å². The van der Waals surface area contributed by atoms with E-state index in [1.54, 1.807) is 12.4 Å². The van der Waals surface area contributed by atoms with Crippen LogP contribution in [0.4, 0.5) is 5.69 Å². The number of pyridine rings is 1. The van der Waals surface area contributed by atoms with E-state index in [2.05, 4.69) is 4.98 Å². The summed E-state index contributed by atoms with van der Waals surface area (Å²) in [4.78, 5) is 3.99. The summed E-state index contributed by atoms with van der Waals surface area (Å²) in [6, 6.07) is 7.79. The molecule has 0 aliphatic rings. The molecule has 0 saturated carbocycles. The predicted molar refractivity (Wildman–Crippen MR) is 59.6 cm³/mol. The van der Waals surface area contributed by atoms with Gasteiger partial charge in [-0.15, -0.1) is 0 Å². The number of nitrogens with two attached hydrogens (primary N) is 1. The van der Waals surface area contributed by atoms with E-state index < -0.39 is 0 Å². The molecule has 0 aliphatic heterocycles. The molecule has 2 rings (SSSR count). The molecule has 0 fully saturated rings. The molecule has 0 saturated heterocycles. The first-order chi connectivity index (χ1) is 6.38. The van der Waals surface area contributed by atoms with E-state index in [9.17, 15) is 0 Å². The van der Waals surface area contributed by atoms with Crippen molar-refractivity contribution in [3.05, 3.63) is 36.7 Å². The molecule has 1 aromatic heterocycles. The van der Waals surface area contributed by atoms with E-state index >= 15 is 0 Å².